The summed E-state index contributed by atoms with van der Waals surface area (Å²) in [7, 11) is 0. The molecule has 0 aliphatic carbocycles. The lowest BCUT2D eigenvalue weighted by Crippen LogP contribution is -2.34. The van der Waals surface area contributed by atoms with Gasteiger partial charge in [0.25, 0.3) is 0 Å². The van der Waals surface area contributed by atoms with Crippen LogP contribution in [-0.4, -0.2) is 24.0 Å². The van der Waals surface area contributed by atoms with Crippen LogP contribution in [0.1, 0.15) is 53.4 Å². The van der Waals surface area contributed by atoms with Gasteiger partial charge in [-0.1, -0.05) is 38.2 Å². The van der Waals surface area contributed by atoms with Crippen LogP contribution in [0.2, 0.25) is 0 Å². The van der Waals surface area contributed by atoms with Crippen LogP contribution in [0, 0.1) is 0 Å². The van der Waals surface area contributed by atoms with E-state index in [0.29, 0.717) is 6.04 Å². The van der Waals surface area contributed by atoms with Crippen LogP contribution in [-0.2, 0) is 0 Å². The van der Waals surface area contributed by atoms with E-state index >= 15 is 0 Å². The summed E-state index contributed by atoms with van der Waals surface area (Å²) in [5.41, 5.74) is 1.30. The lowest BCUT2D eigenvalue weighted by molar-refractivity contribution is 0.201. The highest BCUT2D eigenvalue weighted by Crippen LogP contribution is 2.10. The molecular weight excluding hydrogens is 194 g/mol. The Morgan fingerprint density at radius 3 is 2.25 bits per heavy atom. The van der Waals surface area contributed by atoms with Crippen molar-refractivity contribution in [3.8, 4) is 0 Å². The van der Waals surface area contributed by atoms with Crippen LogP contribution in [0.25, 0.3) is 0 Å². The van der Waals surface area contributed by atoms with E-state index in [1.807, 2.05) is 6.08 Å². The largest absolute Gasteiger partial charge is 0.301 e. The molecule has 0 aliphatic rings. The van der Waals surface area contributed by atoms with E-state index in [9.17, 15) is 0 Å². The number of allylic oxidation sites excluding steroid dienone is 3. The lowest BCUT2D eigenvalue weighted by atomic mass is 10.1. The highest BCUT2D eigenvalue weighted by Gasteiger charge is 2.10. The van der Waals surface area contributed by atoms with Crippen molar-refractivity contribution in [3.63, 3.8) is 0 Å². The fourth-order valence-corrected chi connectivity index (χ4v) is 1.95. The summed E-state index contributed by atoms with van der Waals surface area (Å²) in [6.07, 6.45) is 9.16. The van der Waals surface area contributed by atoms with Crippen molar-refractivity contribution in [1.29, 1.82) is 0 Å². The van der Waals surface area contributed by atoms with E-state index < -0.39 is 0 Å². The maximum absolute atomic E-state index is 3.77. The second-order valence-corrected chi connectivity index (χ2v) is 4.61. The number of rotatable bonds is 9. The van der Waals surface area contributed by atoms with E-state index in [2.05, 4.69) is 45.2 Å². The Bertz CT molecular complexity index is 199. The van der Waals surface area contributed by atoms with Gasteiger partial charge in [-0.3, -0.25) is 0 Å². The smallest absolute Gasteiger partial charge is 0.00698 e. The predicted octanol–water partition coefficient (Wildman–Crippen LogP) is 4.41. The molecule has 1 nitrogen and oxygen atoms in total. The maximum Gasteiger partial charge on any atom is 0.00698 e. The highest BCUT2D eigenvalue weighted by atomic mass is 15.1. The molecule has 0 aromatic heterocycles. The Balaban J connectivity index is 3.99. The summed E-state index contributed by atoms with van der Waals surface area (Å²) >= 11 is 0. The van der Waals surface area contributed by atoms with Gasteiger partial charge in [0.15, 0.2) is 0 Å². The molecule has 94 valence electrons. The number of nitrogens with zero attached hydrogens (tertiary/aromatic N) is 1. The normalized spacial score (nSPS) is 14.2. The molecule has 16 heavy (non-hydrogen) atoms. The lowest BCUT2D eigenvalue weighted by Gasteiger charge is -2.28. The molecule has 0 aromatic carbocycles. The molecular formula is C15H29N. The molecule has 0 aromatic rings. The molecule has 0 fully saturated rings. The Morgan fingerprint density at radius 1 is 1.25 bits per heavy atom. The van der Waals surface area contributed by atoms with E-state index in [0.717, 1.165) is 0 Å². The molecule has 0 rings (SSSR count). The fourth-order valence-electron chi connectivity index (χ4n) is 1.95. The molecule has 1 unspecified atom stereocenters. The van der Waals surface area contributed by atoms with Gasteiger partial charge in [-0.05, 0) is 52.6 Å². The van der Waals surface area contributed by atoms with Crippen LogP contribution in [0.5, 0.6) is 0 Å². The van der Waals surface area contributed by atoms with Crippen molar-refractivity contribution < 1.29 is 0 Å². The molecule has 0 radical (unpaired) electrons. The van der Waals surface area contributed by atoms with Crippen molar-refractivity contribution >= 4 is 0 Å². The SMILES string of the molecule is C=C/C(C)=C\CCC(C)N(CCC)CCC. The van der Waals surface area contributed by atoms with Crippen molar-refractivity contribution in [3.05, 3.63) is 24.3 Å². The second-order valence-electron chi connectivity index (χ2n) is 4.61. The van der Waals surface area contributed by atoms with Gasteiger partial charge in [-0.15, -0.1) is 0 Å². The van der Waals surface area contributed by atoms with Gasteiger partial charge in [-0.25, -0.2) is 0 Å². The summed E-state index contributed by atoms with van der Waals surface area (Å²) in [5.74, 6) is 0. The third-order valence-corrected chi connectivity index (χ3v) is 3.02. The standard InChI is InChI=1S/C15H29N/c1-6-12-16(13-7-2)15(5)11-9-10-14(4)8-3/h8,10,15H,3,6-7,9,11-13H2,1-2,4-5H3/b14-10-. The third-order valence-electron chi connectivity index (χ3n) is 3.02. The molecule has 0 bridgehead atoms. The monoisotopic (exact) mass is 223 g/mol. The van der Waals surface area contributed by atoms with Crippen molar-refractivity contribution in [2.45, 2.75) is 59.4 Å². The topological polar surface area (TPSA) is 3.24 Å². The summed E-state index contributed by atoms with van der Waals surface area (Å²) in [5, 5.41) is 0. The first-order valence-electron chi connectivity index (χ1n) is 6.68. The Kier molecular flexibility index (Phi) is 9.31. The average Bonchev–Trinajstić information content (AvgIpc) is 2.28. The highest BCUT2D eigenvalue weighted by molar-refractivity contribution is 5.12. The Hall–Kier alpha value is -0.560. The molecule has 0 saturated carbocycles. The van der Waals surface area contributed by atoms with Gasteiger partial charge in [0.1, 0.15) is 0 Å². The van der Waals surface area contributed by atoms with Crippen LogP contribution in [0.15, 0.2) is 24.3 Å². The van der Waals surface area contributed by atoms with Crippen LogP contribution in [0.3, 0.4) is 0 Å². The maximum atomic E-state index is 3.77. The molecule has 0 aliphatic heterocycles. The zero-order valence-electron chi connectivity index (χ0n) is 11.6. The van der Waals surface area contributed by atoms with Gasteiger partial charge in [0.2, 0.25) is 0 Å². The summed E-state index contributed by atoms with van der Waals surface area (Å²) in [4.78, 5) is 2.61. The van der Waals surface area contributed by atoms with Crippen LogP contribution < -0.4 is 0 Å². The van der Waals surface area contributed by atoms with E-state index in [1.165, 1.54) is 44.3 Å². The minimum absolute atomic E-state index is 0.703. The Labute approximate surface area is 102 Å². The molecule has 1 heteroatoms. The first-order valence-corrected chi connectivity index (χ1v) is 6.68. The van der Waals surface area contributed by atoms with E-state index in [4.69, 9.17) is 0 Å². The summed E-state index contributed by atoms with van der Waals surface area (Å²) in [6, 6.07) is 0.703. The molecule has 0 N–H and O–H groups in total. The Morgan fingerprint density at radius 2 is 1.81 bits per heavy atom. The third kappa shape index (κ3) is 6.84. The average molecular weight is 223 g/mol. The van der Waals surface area contributed by atoms with Crippen molar-refractivity contribution in [2.24, 2.45) is 0 Å². The first-order chi connectivity index (χ1) is 7.65. The molecule has 0 heterocycles. The molecule has 1 atom stereocenters. The predicted molar refractivity (Wildman–Crippen MR) is 74.8 cm³/mol. The number of hydrogen-bond acceptors (Lipinski definition) is 1. The molecule has 0 amide bonds. The van der Waals surface area contributed by atoms with Crippen LogP contribution in [0.4, 0.5) is 0 Å². The van der Waals surface area contributed by atoms with Crippen molar-refractivity contribution in [2.75, 3.05) is 13.1 Å². The summed E-state index contributed by atoms with van der Waals surface area (Å²) < 4.78 is 0. The minimum atomic E-state index is 0.703. The van der Waals surface area contributed by atoms with Crippen molar-refractivity contribution in [1.82, 2.24) is 4.90 Å². The zero-order chi connectivity index (χ0) is 12.4. The fraction of sp³-hybridized carbons (Fsp3) is 0.733. The zero-order valence-corrected chi connectivity index (χ0v) is 11.6. The first kappa shape index (κ1) is 15.4. The quantitative estimate of drug-likeness (QED) is 0.523. The second kappa shape index (κ2) is 9.65. The van der Waals surface area contributed by atoms with Gasteiger partial charge >= 0.3 is 0 Å². The van der Waals surface area contributed by atoms with E-state index in [1.54, 1.807) is 0 Å². The molecule has 0 spiro atoms. The number of hydrogen-bond donors (Lipinski definition) is 0. The van der Waals surface area contributed by atoms with Gasteiger partial charge in [0.05, 0.1) is 0 Å². The van der Waals surface area contributed by atoms with Gasteiger partial charge in [-0.2, -0.15) is 0 Å². The van der Waals surface area contributed by atoms with Gasteiger partial charge in [0, 0.05) is 6.04 Å². The van der Waals surface area contributed by atoms with Crippen LogP contribution >= 0.6 is 0 Å². The van der Waals surface area contributed by atoms with Gasteiger partial charge < -0.3 is 4.90 Å². The minimum Gasteiger partial charge on any atom is -0.301 e. The van der Waals surface area contributed by atoms with E-state index in [-0.39, 0.29) is 0 Å². The summed E-state index contributed by atoms with van der Waals surface area (Å²) in [6.45, 7) is 15.2. The molecule has 0 saturated heterocycles.